The number of amides is 2. The standard InChI is InChI=1S/C26H32FN5O4/c1-16-13-32(21-8-7-17(12-28)23-18(21)6-5-10-29-23)15-22(35-16)24(33)30-20-14-31(11-9-19(20)27)25(34)36-26(2,3)4/h5-8,10,16,19-20,22H,9,11,13-15H2,1-4H3,(H,30,33)/t16-,19+,20-,22-/m1/s1. The first-order chi connectivity index (χ1) is 17.1. The number of morpholine rings is 1. The van der Waals surface area contributed by atoms with Crippen molar-refractivity contribution in [2.75, 3.05) is 31.1 Å². The number of pyridine rings is 1. The predicted octanol–water partition coefficient (Wildman–Crippen LogP) is 3.16. The number of hydrogen-bond acceptors (Lipinski definition) is 7. The van der Waals surface area contributed by atoms with Crippen molar-refractivity contribution in [2.45, 2.75) is 64.1 Å². The Morgan fingerprint density at radius 2 is 2.03 bits per heavy atom. The summed E-state index contributed by atoms with van der Waals surface area (Å²) in [6.07, 6.45) is -1.14. The highest BCUT2D eigenvalue weighted by Crippen LogP contribution is 2.30. The Morgan fingerprint density at radius 3 is 2.75 bits per heavy atom. The molecule has 1 N–H and O–H groups in total. The molecule has 0 spiro atoms. The number of piperidine rings is 1. The second kappa shape index (κ2) is 10.3. The van der Waals surface area contributed by atoms with Crippen molar-refractivity contribution in [1.29, 1.82) is 5.26 Å². The van der Waals surface area contributed by atoms with Crippen LogP contribution < -0.4 is 10.2 Å². The van der Waals surface area contributed by atoms with Gasteiger partial charge in [-0.1, -0.05) is 0 Å². The maximum Gasteiger partial charge on any atom is 0.410 e. The van der Waals surface area contributed by atoms with E-state index in [2.05, 4.69) is 16.4 Å². The Bertz CT molecular complexity index is 1180. The summed E-state index contributed by atoms with van der Waals surface area (Å²) in [6, 6.07) is 8.60. The third kappa shape index (κ3) is 5.68. The number of nitrogens with zero attached hydrogens (tertiary/aromatic N) is 4. The first-order valence-electron chi connectivity index (χ1n) is 12.2. The zero-order valence-electron chi connectivity index (χ0n) is 21.0. The quantitative estimate of drug-likeness (QED) is 0.694. The topological polar surface area (TPSA) is 108 Å². The van der Waals surface area contributed by atoms with Gasteiger partial charge in [-0.2, -0.15) is 5.26 Å². The molecule has 10 heteroatoms. The van der Waals surface area contributed by atoms with Gasteiger partial charge in [0.25, 0.3) is 5.91 Å². The number of likely N-dealkylation sites (tertiary alicyclic amines) is 1. The molecule has 4 atom stereocenters. The molecule has 2 aliphatic rings. The van der Waals surface area contributed by atoms with Gasteiger partial charge in [-0.3, -0.25) is 9.78 Å². The molecule has 2 saturated heterocycles. The van der Waals surface area contributed by atoms with Gasteiger partial charge in [0, 0.05) is 36.9 Å². The molecule has 36 heavy (non-hydrogen) atoms. The van der Waals surface area contributed by atoms with Crippen LogP contribution in [0.25, 0.3) is 10.9 Å². The van der Waals surface area contributed by atoms with Gasteiger partial charge in [0.2, 0.25) is 0 Å². The number of halogens is 1. The van der Waals surface area contributed by atoms with Gasteiger partial charge in [-0.05, 0) is 58.4 Å². The molecule has 2 amide bonds. The molecular weight excluding hydrogens is 465 g/mol. The zero-order valence-corrected chi connectivity index (χ0v) is 21.0. The maximum atomic E-state index is 14.7. The Balaban J connectivity index is 1.47. The van der Waals surface area contributed by atoms with Gasteiger partial charge >= 0.3 is 6.09 Å². The van der Waals surface area contributed by atoms with E-state index in [1.807, 2.05) is 30.0 Å². The van der Waals surface area contributed by atoms with Gasteiger partial charge in [-0.25, -0.2) is 9.18 Å². The second-order valence-corrected chi connectivity index (χ2v) is 10.3. The van der Waals surface area contributed by atoms with E-state index in [1.165, 1.54) is 4.90 Å². The summed E-state index contributed by atoms with van der Waals surface area (Å²) in [6.45, 7) is 8.24. The number of anilines is 1. The lowest BCUT2D eigenvalue weighted by Crippen LogP contribution is -2.60. The molecule has 0 radical (unpaired) electrons. The Kier molecular flexibility index (Phi) is 7.31. The van der Waals surface area contributed by atoms with Gasteiger partial charge in [0.1, 0.15) is 17.8 Å². The Labute approximate surface area is 210 Å². The smallest absolute Gasteiger partial charge is 0.410 e. The Morgan fingerprint density at radius 1 is 1.25 bits per heavy atom. The van der Waals surface area contributed by atoms with Crippen LogP contribution >= 0.6 is 0 Å². The lowest BCUT2D eigenvalue weighted by molar-refractivity contribution is -0.139. The minimum Gasteiger partial charge on any atom is -0.444 e. The maximum absolute atomic E-state index is 14.7. The van der Waals surface area contributed by atoms with Crippen molar-refractivity contribution in [3.8, 4) is 6.07 Å². The van der Waals surface area contributed by atoms with E-state index in [9.17, 15) is 19.2 Å². The summed E-state index contributed by atoms with van der Waals surface area (Å²) in [5.41, 5.74) is 1.26. The molecule has 0 saturated carbocycles. The van der Waals surface area contributed by atoms with Crippen LogP contribution in [-0.2, 0) is 14.3 Å². The number of nitriles is 1. The van der Waals surface area contributed by atoms with Crippen molar-refractivity contribution in [3.05, 3.63) is 36.0 Å². The van der Waals surface area contributed by atoms with Crippen molar-refractivity contribution >= 4 is 28.6 Å². The summed E-state index contributed by atoms with van der Waals surface area (Å²) in [4.78, 5) is 33.5. The van der Waals surface area contributed by atoms with Crippen LogP contribution in [0.3, 0.4) is 0 Å². The van der Waals surface area contributed by atoms with Crippen LogP contribution in [0.1, 0.15) is 39.7 Å². The molecule has 192 valence electrons. The van der Waals surface area contributed by atoms with Crippen LogP contribution in [0, 0.1) is 11.3 Å². The third-order valence-electron chi connectivity index (χ3n) is 6.27. The number of hydrogen-bond donors (Lipinski definition) is 1. The molecule has 1 aromatic heterocycles. The lowest BCUT2D eigenvalue weighted by atomic mass is 10.0. The first-order valence-corrected chi connectivity index (χ1v) is 12.2. The molecule has 3 heterocycles. The van der Waals surface area contributed by atoms with Gasteiger partial charge < -0.3 is 24.6 Å². The van der Waals surface area contributed by atoms with Crippen molar-refractivity contribution < 1.29 is 23.5 Å². The summed E-state index contributed by atoms with van der Waals surface area (Å²) in [7, 11) is 0. The highest BCUT2D eigenvalue weighted by Gasteiger charge is 2.38. The third-order valence-corrected chi connectivity index (χ3v) is 6.27. The van der Waals surface area contributed by atoms with E-state index in [-0.39, 0.29) is 32.2 Å². The van der Waals surface area contributed by atoms with E-state index in [0.717, 1.165) is 11.1 Å². The second-order valence-electron chi connectivity index (χ2n) is 10.3. The summed E-state index contributed by atoms with van der Waals surface area (Å²) >= 11 is 0. The molecule has 9 nitrogen and oxygen atoms in total. The molecule has 2 fully saturated rings. The van der Waals surface area contributed by atoms with Crippen LogP contribution in [-0.4, -0.2) is 78.1 Å². The van der Waals surface area contributed by atoms with E-state index >= 15 is 0 Å². The number of ether oxygens (including phenoxy) is 2. The number of aromatic nitrogens is 1. The number of alkyl halides is 1. The predicted molar refractivity (Wildman–Crippen MR) is 132 cm³/mol. The van der Waals surface area contributed by atoms with Crippen molar-refractivity contribution in [2.24, 2.45) is 0 Å². The van der Waals surface area contributed by atoms with Crippen molar-refractivity contribution in [3.63, 3.8) is 0 Å². The van der Waals surface area contributed by atoms with Crippen LogP contribution in [0.2, 0.25) is 0 Å². The SMILES string of the molecule is C[C@@H]1CN(c2ccc(C#N)c3ncccc23)C[C@H](C(=O)N[C@@H]2CN(C(=O)OC(C)(C)C)CC[C@@H]2F)O1. The number of nitrogens with one attached hydrogen (secondary N) is 1. The van der Waals surface area contributed by atoms with E-state index < -0.39 is 35.9 Å². The van der Waals surface area contributed by atoms with Crippen molar-refractivity contribution in [1.82, 2.24) is 15.2 Å². The molecule has 0 bridgehead atoms. The average Bonchev–Trinajstić information content (AvgIpc) is 2.83. The number of carbonyl (C=O) groups excluding carboxylic acids is 2. The van der Waals surface area contributed by atoms with E-state index in [4.69, 9.17) is 9.47 Å². The molecule has 2 aromatic rings. The fraction of sp³-hybridized carbons (Fsp3) is 0.538. The molecule has 4 rings (SSSR count). The van der Waals surface area contributed by atoms with Crippen LogP contribution in [0.5, 0.6) is 0 Å². The fourth-order valence-corrected chi connectivity index (χ4v) is 4.64. The van der Waals surface area contributed by atoms with Crippen LogP contribution in [0.4, 0.5) is 14.9 Å². The first kappa shape index (κ1) is 25.6. The van der Waals surface area contributed by atoms with Gasteiger partial charge in [0.15, 0.2) is 6.10 Å². The minimum absolute atomic E-state index is 0.0275. The number of fused-ring (bicyclic) bond motifs is 1. The van der Waals surface area contributed by atoms with Gasteiger partial charge in [0.05, 0.1) is 29.8 Å². The molecule has 0 unspecified atom stereocenters. The van der Waals surface area contributed by atoms with E-state index in [1.54, 1.807) is 33.0 Å². The zero-order chi connectivity index (χ0) is 26.0. The van der Waals surface area contributed by atoms with Gasteiger partial charge in [-0.15, -0.1) is 0 Å². The van der Waals surface area contributed by atoms with Crippen LogP contribution in [0.15, 0.2) is 30.5 Å². The van der Waals surface area contributed by atoms with E-state index in [0.29, 0.717) is 17.6 Å². The summed E-state index contributed by atoms with van der Waals surface area (Å²) < 4.78 is 26.1. The fourth-order valence-electron chi connectivity index (χ4n) is 4.64. The summed E-state index contributed by atoms with van der Waals surface area (Å²) in [5, 5.41) is 13.0. The minimum atomic E-state index is -1.28. The molecular formula is C26H32FN5O4. The number of benzene rings is 1. The normalized spacial score (nSPS) is 24.8. The number of carbonyl (C=O) groups is 2. The Hall–Kier alpha value is -3.45. The number of rotatable bonds is 3. The molecule has 1 aromatic carbocycles. The monoisotopic (exact) mass is 497 g/mol. The largest absolute Gasteiger partial charge is 0.444 e. The molecule has 2 aliphatic heterocycles. The summed E-state index contributed by atoms with van der Waals surface area (Å²) in [5.74, 6) is -0.429. The lowest BCUT2D eigenvalue weighted by Gasteiger charge is -2.40. The highest BCUT2D eigenvalue weighted by atomic mass is 19.1. The average molecular weight is 498 g/mol. The molecule has 0 aliphatic carbocycles. The highest BCUT2D eigenvalue weighted by molar-refractivity contribution is 5.95.